The number of nitrogens with one attached hydrogen (secondary N) is 2. The molecular weight excluding hydrogens is 418 g/mol. The van der Waals surface area contributed by atoms with Crippen LogP contribution in [0.5, 0.6) is 0 Å². The number of imidazole rings is 1. The summed E-state index contributed by atoms with van der Waals surface area (Å²) in [6, 6.07) is 11.4. The second-order valence-electron chi connectivity index (χ2n) is 8.80. The Morgan fingerprint density at radius 2 is 1.61 bits per heavy atom. The number of likely N-dealkylation sites (tertiary alicyclic amines) is 1. The van der Waals surface area contributed by atoms with Gasteiger partial charge in [-0.05, 0) is 61.4 Å². The number of pyridine rings is 1. The molecule has 2 saturated heterocycles. The molecule has 8 heteroatoms. The van der Waals surface area contributed by atoms with Gasteiger partial charge in [0.2, 0.25) is 5.91 Å². The maximum Gasteiger partial charge on any atom is 0.323 e. The van der Waals surface area contributed by atoms with Crippen LogP contribution in [0, 0.1) is 5.92 Å². The fraction of sp³-hybridized carbons (Fsp3) is 0.400. The van der Waals surface area contributed by atoms with Crippen molar-refractivity contribution >= 4 is 29.0 Å². The molecule has 1 aromatic carbocycles. The van der Waals surface area contributed by atoms with Crippen LogP contribution in [-0.4, -0.2) is 52.5 Å². The largest absolute Gasteiger partial charge is 0.381 e. The molecule has 3 amide bonds. The number of aromatic nitrogens is 2. The monoisotopic (exact) mass is 447 g/mol. The number of benzene rings is 1. The van der Waals surface area contributed by atoms with E-state index in [2.05, 4.69) is 27.8 Å². The third-order valence-electron chi connectivity index (χ3n) is 6.66. The van der Waals surface area contributed by atoms with Gasteiger partial charge in [0.1, 0.15) is 5.65 Å². The molecule has 0 radical (unpaired) electrons. The number of rotatable bonds is 4. The van der Waals surface area contributed by atoms with Crippen molar-refractivity contribution in [1.29, 1.82) is 0 Å². The van der Waals surface area contributed by atoms with Gasteiger partial charge in [-0.1, -0.05) is 12.1 Å². The van der Waals surface area contributed by atoms with E-state index in [0.29, 0.717) is 30.7 Å². The first-order chi connectivity index (χ1) is 16.2. The Labute approximate surface area is 192 Å². The summed E-state index contributed by atoms with van der Waals surface area (Å²) >= 11 is 0. The van der Waals surface area contributed by atoms with Crippen molar-refractivity contribution < 1.29 is 14.3 Å². The molecule has 2 N–H and O–H groups in total. The van der Waals surface area contributed by atoms with Crippen molar-refractivity contribution in [2.75, 3.05) is 36.9 Å². The number of carbonyl (C=O) groups is 2. The Morgan fingerprint density at radius 1 is 0.909 bits per heavy atom. The number of anilines is 2. The average Bonchev–Trinajstić information content (AvgIpc) is 3.33. The van der Waals surface area contributed by atoms with Gasteiger partial charge in [-0.15, -0.1) is 0 Å². The predicted molar refractivity (Wildman–Crippen MR) is 126 cm³/mol. The zero-order valence-electron chi connectivity index (χ0n) is 18.6. The number of urea groups is 1. The SMILES string of the molecule is O=C(Nc1ccc(C2CCN(C(=O)C3CCOCC3)CC2)cc1)Nc1ccc2nccn2c1. The van der Waals surface area contributed by atoms with Gasteiger partial charge < -0.3 is 24.7 Å². The van der Waals surface area contributed by atoms with E-state index in [1.807, 2.05) is 46.0 Å². The highest BCUT2D eigenvalue weighted by atomic mass is 16.5. The van der Waals surface area contributed by atoms with Gasteiger partial charge in [-0.2, -0.15) is 0 Å². The fourth-order valence-electron chi connectivity index (χ4n) is 4.76. The van der Waals surface area contributed by atoms with Gasteiger partial charge in [0, 0.05) is 56.5 Å². The highest BCUT2D eigenvalue weighted by Gasteiger charge is 2.29. The minimum absolute atomic E-state index is 0.133. The summed E-state index contributed by atoms with van der Waals surface area (Å²) in [5.41, 5.74) is 3.52. The minimum Gasteiger partial charge on any atom is -0.381 e. The highest BCUT2D eigenvalue weighted by molar-refractivity contribution is 5.99. The lowest BCUT2D eigenvalue weighted by atomic mass is 9.88. The molecule has 0 spiro atoms. The molecule has 2 aliphatic heterocycles. The van der Waals surface area contributed by atoms with E-state index in [1.54, 1.807) is 6.20 Å². The van der Waals surface area contributed by atoms with Gasteiger partial charge in [0.05, 0.1) is 5.69 Å². The van der Waals surface area contributed by atoms with Crippen molar-refractivity contribution in [2.45, 2.75) is 31.6 Å². The molecule has 2 fully saturated rings. The number of piperidine rings is 1. The van der Waals surface area contributed by atoms with Crippen LogP contribution in [0.25, 0.3) is 5.65 Å². The molecule has 2 aromatic heterocycles. The molecule has 2 aliphatic rings. The van der Waals surface area contributed by atoms with Crippen molar-refractivity contribution in [3.63, 3.8) is 0 Å². The first-order valence-corrected chi connectivity index (χ1v) is 11.6. The number of nitrogens with zero attached hydrogens (tertiary/aromatic N) is 3. The van der Waals surface area contributed by atoms with Crippen LogP contribution < -0.4 is 10.6 Å². The summed E-state index contributed by atoms with van der Waals surface area (Å²) in [5, 5.41) is 5.73. The molecule has 0 atom stereocenters. The average molecular weight is 448 g/mol. The van der Waals surface area contributed by atoms with Crippen LogP contribution in [0.2, 0.25) is 0 Å². The topological polar surface area (TPSA) is 88.0 Å². The molecule has 5 rings (SSSR count). The first kappa shape index (κ1) is 21.5. The number of carbonyl (C=O) groups excluding carboxylic acids is 2. The summed E-state index contributed by atoms with van der Waals surface area (Å²) in [6.07, 6.45) is 9.01. The lowest BCUT2D eigenvalue weighted by Gasteiger charge is -2.35. The van der Waals surface area contributed by atoms with Crippen LogP contribution in [0.4, 0.5) is 16.2 Å². The van der Waals surface area contributed by atoms with Crippen LogP contribution in [0.15, 0.2) is 55.0 Å². The Morgan fingerprint density at radius 3 is 2.36 bits per heavy atom. The molecule has 4 heterocycles. The Bertz CT molecular complexity index is 1110. The predicted octanol–water partition coefficient (Wildman–Crippen LogP) is 4.11. The number of amides is 3. The van der Waals surface area contributed by atoms with E-state index in [9.17, 15) is 9.59 Å². The highest BCUT2D eigenvalue weighted by Crippen LogP contribution is 2.30. The van der Waals surface area contributed by atoms with E-state index >= 15 is 0 Å². The van der Waals surface area contributed by atoms with E-state index in [4.69, 9.17) is 4.74 Å². The third kappa shape index (κ3) is 5.01. The Hall–Kier alpha value is -3.39. The summed E-state index contributed by atoms with van der Waals surface area (Å²) in [5.74, 6) is 0.872. The van der Waals surface area contributed by atoms with Crippen LogP contribution in [0.3, 0.4) is 0 Å². The number of ether oxygens (including phenoxy) is 1. The van der Waals surface area contributed by atoms with Crippen molar-refractivity contribution in [2.24, 2.45) is 5.92 Å². The molecule has 33 heavy (non-hydrogen) atoms. The van der Waals surface area contributed by atoms with Gasteiger partial charge in [-0.25, -0.2) is 9.78 Å². The zero-order valence-corrected chi connectivity index (χ0v) is 18.6. The van der Waals surface area contributed by atoms with Crippen molar-refractivity contribution in [3.8, 4) is 0 Å². The van der Waals surface area contributed by atoms with E-state index < -0.39 is 0 Å². The molecule has 3 aromatic rings. The number of hydrogen-bond donors (Lipinski definition) is 2. The lowest BCUT2D eigenvalue weighted by Crippen LogP contribution is -2.42. The fourth-order valence-corrected chi connectivity index (χ4v) is 4.76. The Balaban J connectivity index is 1.12. The number of fused-ring (bicyclic) bond motifs is 1. The third-order valence-corrected chi connectivity index (χ3v) is 6.66. The van der Waals surface area contributed by atoms with E-state index in [0.717, 1.165) is 50.1 Å². The zero-order chi connectivity index (χ0) is 22.6. The first-order valence-electron chi connectivity index (χ1n) is 11.6. The molecule has 0 saturated carbocycles. The molecule has 172 valence electrons. The van der Waals surface area contributed by atoms with Crippen LogP contribution in [-0.2, 0) is 9.53 Å². The van der Waals surface area contributed by atoms with Crippen LogP contribution in [0.1, 0.15) is 37.2 Å². The smallest absolute Gasteiger partial charge is 0.323 e. The standard InChI is InChI=1S/C25H29N5O3/c31-24(20-9-15-33-16-10-20)29-12-7-19(8-13-29)18-1-3-21(4-2-18)27-25(32)28-22-5-6-23-26-11-14-30(23)17-22/h1-6,11,14,17,19-20H,7-10,12-13,15-16H2,(H2,27,28,32). The van der Waals surface area contributed by atoms with Gasteiger partial charge >= 0.3 is 6.03 Å². The van der Waals surface area contributed by atoms with Gasteiger partial charge in [0.15, 0.2) is 0 Å². The van der Waals surface area contributed by atoms with Crippen LogP contribution >= 0.6 is 0 Å². The minimum atomic E-state index is -0.290. The lowest BCUT2D eigenvalue weighted by molar-refractivity contribution is -0.139. The van der Waals surface area contributed by atoms with Crippen molar-refractivity contribution in [3.05, 3.63) is 60.6 Å². The summed E-state index contributed by atoms with van der Waals surface area (Å²) in [4.78, 5) is 31.4. The quantitative estimate of drug-likeness (QED) is 0.630. The second-order valence-corrected chi connectivity index (χ2v) is 8.80. The summed E-state index contributed by atoms with van der Waals surface area (Å²) in [6.45, 7) is 3.02. The van der Waals surface area contributed by atoms with E-state index in [-0.39, 0.29) is 11.9 Å². The molecule has 8 nitrogen and oxygen atoms in total. The second kappa shape index (κ2) is 9.62. The number of hydrogen-bond acceptors (Lipinski definition) is 4. The normalized spacial score (nSPS) is 17.8. The van der Waals surface area contributed by atoms with Crippen molar-refractivity contribution in [1.82, 2.24) is 14.3 Å². The maximum absolute atomic E-state index is 12.7. The summed E-state index contributed by atoms with van der Waals surface area (Å²) < 4.78 is 7.24. The molecular formula is C25H29N5O3. The summed E-state index contributed by atoms with van der Waals surface area (Å²) in [7, 11) is 0. The Kier molecular flexibility index (Phi) is 6.26. The van der Waals surface area contributed by atoms with E-state index in [1.165, 1.54) is 5.56 Å². The molecule has 0 unspecified atom stereocenters. The molecule has 0 bridgehead atoms. The molecule has 0 aliphatic carbocycles. The van der Waals surface area contributed by atoms with Gasteiger partial charge in [0.25, 0.3) is 0 Å². The van der Waals surface area contributed by atoms with Gasteiger partial charge in [-0.3, -0.25) is 4.79 Å². The maximum atomic E-state index is 12.7.